The van der Waals surface area contributed by atoms with E-state index in [1.54, 1.807) is 0 Å². The Labute approximate surface area is 98.7 Å². The zero-order chi connectivity index (χ0) is 11.5. The van der Waals surface area contributed by atoms with E-state index in [1.807, 2.05) is 38.1 Å². The summed E-state index contributed by atoms with van der Waals surface area (Å²) in [6.07, 6.45) is 0.548. The highest BCUT2D eigenvalue weighted by Gasteiger charge is 2.09. The molecular weight excluding hydrogens is 220 g/mol. The molecule has 1 amide bonds. The lowest BCUT2D eigenvalue weighted by molar-refractivity contribution is -0.116. The van der Waals surface area contributed by atoms with Gasteiger partial charge in [-0.3, -0.25) is 4.79 Å². The van der Waals surface area contributed by atoms with E-state index in [4.69, 9.17) is 0 Å². The van der Waals surface area contributed by atoms with Gasteiger partial charge in [0.15, 0.2) is 0 Å². The molecule has 0 bridgehead atoms. The van der Waals surface area contributed by atoms with Gasteiger partial charge in [-0.05, 0) is 29.6 Å². The summed E-state index contributed by atoms with van der Waals surface area (Å²) in [7, 11) is 0. The maximum atomic E-state index is 11.6. The summed E-state index contributed by atoms with van der Waals surface area (Å²) < 4.78 is 4.28. The first kappa shape index (κ1) is 11.1. The predicted molar refractivity (Wildman–Crippen MR) is 67.7 cm³/mol. The maximum absolute atomic E-state index is 11.6. The first-order valence-corrected chi connectivity index (χ1v) is 6.08. The van der Waals surface area contributed by atoms with Crippen molar-refractivity contribution in [1.29, 1.82) is 0 Å². The second kappa shape index (κ2) is 4.61. The summed E-state index contributed by atoms with van der Waals surface area (Å²) in [4.78, 5) is 11.6. The Morgan fingerprint density at radius 2 is 2.19 bits per heavy atom. The van der Waals surface area contributed by atoms with Crippen molar-refractivity contribution in [3.05, 3.63) is 24.3 Å². The largest absolute Gasteiger partial charge is 0.316 e. The van der Waals surface area contributed by atoms with Gasteiger partial charge >= 0.3 is 0 Å². The minimum Gasteiger partial charge on any atom is -0.316 e. The van der Waals surface area contributed by atoms with Crippen molar-refractivity contribution in [3.8, 4) is 0 Å². The molecule has 0 aliphatic rings. The topological polar surface area (TPSA) is 42.0 Å². The second-order valence-corrected chi connectivity index (χ2v) is 4.95. The number of fused-ring (bicyclic) bond motifs is 1. The second-order valence-electron chi connectivity index (χ2n) is 4.17. The summed E-state index contributed by atoms with van der Waals surface area (Å²) in [6, 6.07) is 7.82. The standard InChI is InChI=1S/C12H14N2OS/c1-8(2)7-11(15)13-12-9-5-3-4-6-10(9)14-16-12/h3-6,8H,7H2,1-2H3,(H,13,15). The molecule has 0 fully saturated rings. The molecule has 0 unspecified atom stereocenters. The number of carbonyl (C=O) groups excluding carboxylic acids is 1. The molecule has 2 rings (SSSR count). The van der Waals surface area contributed by atoms with Crippen LogP contribution >= 0.6 is 11.5 Å². The average Bonchev–Trinajstić information content (AvgIpc) is 2.61. The third kappa shape index (κ3) is 2.39. The number of nitrogens with one attached hydrogen (secondary N) is 1. The number of amides is 1. The number of anilines is 1. The van der Waals surface area contributed by atoms with Gasteiger partial charge in [-0.1, -0.05) is 26.0 Å². The molecule has 1 aromatic heterocycles. The molecular formula is C12H14N2OS. The van der Waals surface area contributed by atoms with Gasteiger partial charge in [-0.25, -0.2) is 0 Å². The van der Waals surface area contributed by atoms with Crippen LogP contribution < -0.4 is 5.32 Å². The Balaban J connectivity index is 2.18. The lowest BCUT2D eigenvalue weighted by Gasteiger charge is -2.04. The van der Waals surface area contributed by atoms with Gasteiger partial charge in [0.2, 0.25) is 5.91 Å². The number of benzene rings is 1. The van der Waals surface area contributed by atoms with Crippen LogP contribution in [0.4, 0.5) is 5.00 Å². The first-order valence-electron chi connectivity index (χ1n) is 5.31. The van der Waals surface area contributed by atoms with Crippen molar-refractivity contribution in [2.45, 2.75) is 20.3 Å². The molecule has 2 aromatic rings. The van der Waals surface area contributed by atoms with Crippen molar-refractivity contribution in [2.24, 2.45) is 5.92 Å². The summed E-state index contributed by atoms with van der Waals surface area (Å²) in [5.74, 6) is 0.434. The zero-order valence-corrected chi connectivity index (χ0v) is 10.2. The fourth-order valence-electron chi connectivity index (χ4n) is 1.53. The number of nitrogens with zero attached hydrogens (tertiary/aromatic N) is 1. The van der Waals surface area contributed by atoms with Crippen LogP contribution in [0.3, 0.4) is 0 Å². The molecule has 0 radical (unpaired) electrons. The molecule has 0 saturated carbocycles. The highest BCUT2D eigenvalue weighted by Crippen LogP contribution is 2.27. The zero-order valence-electron chi connectivity index (χ0n) is 9.36. The van der Waals surface area contributed by atoms with Crippen LogP contribution in [0.25, 0.3) is 10.9 Å². The highest BCUT2D eigenvalue weighted by atomic mass is 32.1. The van der Waals surface area contributed by atoms with Crippen LogP contribution in [-0.4, -0.2) is 10.3 Å². The molecule has 1 heterocycles. The van der Waals surface area contributed by atoms with E-state index in [9.17, 15) is 4.79 Å². The van der Waals surface area contributed by atoms with Gasteiger partial charge in [0.1, 0.15) is 5.00 Å². The summed E-state index contributed by atoms with van der Waals surface area (Å²) >= 11 is 1.34. The van der Waals surface area contributed by atoms with E-state index in [-0.39, 0.29) is 5.91 Å². The maximum Gasteiger partial charge on any atom is 0.225 e. The summed E-state index contributed by atoms with van der Waals surface area (Å²) in [6.45, 7) is 4.06. The van der Waals surface area contributed by atoms with Crippen LogP contribution in [0.15, 0.2) is 24.3 Å². The van der Waals surface area contributed by atoms with E-state index in [1.165, 1.54) is 11.5 Å². The summed E-state index contributed by atoms with van der Waals surface area (Å²) in [5.41, 5.74) is 0.937. The number of aromatic nitrogens is 1. The van der Waals surface area contributed by atoms with E-state index in [0.29, 0.717) is 12.3 Å². The number of carbonyl (C=O) groups is 1. The molecule has 84 valence electrons. The van der Waals surface area contributed by atoms with Gasteiger partial charge in [0, 0.05) is 11.8 Å². The molecule has 0 spiro atoms. The summed E-state index contributed by atoms with van der Waals surface area (Å²) in [5, 5.41) is 4.78. The van der Waals surface area contributed by atoms with Crippen molar-refractivity contribution in [3.63, 3.8) is 0 Å². The fraction of sp³-hybridized carbons (Fsp3) is 0.333. The van der Waals surface area contributed by atoms with Crippen LogP contribution in [0.5, 0.6) is 0 Å². The number of hydrogen-bond acceptors (Lipinski definition) is 3. The lowest BCUT2D eigenvalue weighted by Crippen LogP contribution is -2.12. The van der Waals surface area contributed by atoms with Crippen molar-refractivity contribution < 1.29 is 4.79 Å². The Morgan fingerprint density at radius 1 is 1.44 bits per heavy atom. The Kier molecular flexibility index (Phi) is 3.19. The molecule has 3 nitrogen and oxygen atoms in total. The molecule has 0 aliphatic carbocycles. The van der Waals surface area contributed by atoms with Crippen LogP contribution in [0.1, 0.15) is 20.3 Å². The molecule has 4 heteroatoms. The Hall–Kier alpha value is -1.42. The van der Waals surface area contributed by atoms with E-state index >= 15 is 0 Å². The minimum atomic E-state index is 0.0596. The molecule has 1 N–H and O–H groups in total. The molecule has 0 saturated heterocycles. The SMILES string of the molecule is CC(C)CC(=O)Nc1snc2ccccc12. The van der Waals surface area contributed by atoms with Crippen LogP contribution in [-0.2, 0) is 4.79 Å². The number of rotatable bonds is 3. The fourth-order valence-corrected chi connectivity index (χ4v) is 2.31. The van der Waals surface area contributed by atoms with Gasteiger partial charge in [-0.2, -0.15) is 4.37 Å². The van der Waals surface area contributed by atoms with Crippen molar-refractivity contribution in [2.75, 3.05) is 5.32 Å². The predicted octanol–water partition coefficient (Wildman–Crippen LogP) is 3.28. The minimum absolute atomic E-state index is 0.0596. The first-order chi connectivity index (χ1) is 7.66. The molecule has 0 atom stereocenters. The Bertz CT molecular complexity index is 504. The normalized spacial score (nSPS) is 10.9. The van der Waals surface area contributed by atoms with E-state index in [2.05, 4.69) is 9.69 Å². The van der Waals surface area contributed by atoms with Crippen LogP contribution in [0, 0.1) is 5.92 Å². The monoisotopic (exact) mass is 234 g/mol. The molecule has 16 heavy (non-hydrogen) atoms. The molecule has 1 aromatic carbocycles. The third-order valence-electron chi connectivity index (χ3n) is 2.23. The van der Waals surface area contributed by atoms with Gasteiger partial charge in [0.05, 0.1) is 5.52 Å². The quantitative estimate of drug-likeness (QED) is 0.885. The van der Waals surface area contributed by atoms with Crippen LogP contribution in [0.2, 0.25) is 0 Å². The molecule has 0 aliphatic heterocycles. The third-order valence-corrected chi connectivity index (χ3v) is 3.02. The van der Waals surface area contributed by atoms with E-state index in [0.717, 1.165) is 15.9 Å². The average molecular weight is 234 g/mol. The number of hydrogen-bond donors (Lipinski definition) is 1. The smallest absolute Gasteiger partial charge is 0.225 e. The Morgan fingerprint density at radius 3 is 2.94 bits per heavy atom. The lowest BCUT2D eigenvalue weighted by atomic mass is 10.1. The van der Waals surface area contributed by atoms with Gasteiger partial charge in [0.25, 0.3) is 0 Å². The van der Waals surface area contributed by atoms with Crippen molar-refractivity contribution >= 4 is 33.3 Å². The van der Waals surface area contributed by atoms with Gasteiger partial charge in [-0.15, -0.1) is 0 Å². The van der Waals surface area contributed by atoms with E-state index < -0.39 is 0 Å². The van der Waals surface area contributed by atoms with Crippen molar-refractivity contribution in [1.82, 2.24) is 4.37 Å². The van der Waals surface area contributed by atoms with Gasteiger partial charge < -0.3 is 5.32 Å². The highest BCUT2D eigenvalue weighted by molar-refractivity contribution is 7.12.